The molecule has 1 aliphatic heterocycles. The SMILES string of the molecule is [N-]=[N+]=NC[C@H]1COC(=O)N1c1ccc(I)c(F)c1. The largest absolute Gasteiger partial charge is 0.447 e. The van der Waals surface area contributed by atoms with Crippen LogP contribution in [0, 0.1) is 9.39 Å². The maximum atomic E-state index is 13.5. The Bertz CT molecular complexity index is 533. The van der Waals surface area contributed by atoms with Crippen molar-refractivity contribution in [2.24, 2.45) is 5.11 Å². The number of anilines is 1. The van der Waals surface area contributed by atoms with E-state index in [2.05, 4.69) is 10.0 Å². The Labute approximate surface area is 115 Å². The highest BCUT2D eigenvalue weighted by Crippen LogP contribution is 2.25. The van der Waals surface area contributed by atoms with E-state index in [1.807, 2.05) is 22.6 Å². The van der Waals surface area contributed by atoms with Gasteiger partial charge in [0, 0.05) is 8.48 Å². The van der Waals surface area contributed by atoms with Crippen LogP contribution in [0.25, 0.3) is 10.4 Å². The van der Waals surface area contributed by atoms with E-state index in [4.69, 9.17) is 10.3 Å². The summed E-state index contributed by atoms with van der Waals surface area (Å²) in [5.74, 6) is -0.407. The molecule has 0 spiro atoms. The molecule has 1 heterocycles. The summed E-state index contributed by atoms with van der Waals surface area (Å²) in [7, 11) is 0. The molecule has 8 heteroatoms. The molecule has 0 aromatic heterocycles. The van der Waals surface area contributed by atoms with Gasteiger partial charge >= 0.3 is 6.09 Å². The van der Waals surface area contributed by atoms with E-state index in [9.17, 15) is 9.18 Å². The molecule has 0 radical (unpaired) electrons. The zero-order valence-corrected chi connectivity index (χ0v) is 11.2. The van der Waals surface area contributed by atoms with Crippen LogP contribution in [-0.4, -0.2) is 25.3 Å². The highest BCUT2D eigenvalue weighted by atomic mass is 127. The van der Waals surface area contributed by atoms with Crippen LogP contribution in [0.15, 0.2) is 23.3 Å². The molecule has 1 amide bonds. The van der Waals surface area contributed by atoms with E-state index >= 15 is 0 Å². The van der Waals surface area contributed by atoms with Gasteiger partial charge in [0.2, 0.25) is 0 Å². The van der Waals surface area contributed by atoms with Gasteiger partial charge in [0.1, 0.15) is 12.4 Å². The van der Waals surface area contributed by atoms with Crippen molar-refractivity contribution >= 4 is 34.4 Å². The molecule has 1 aromatic rings. The lowest BCUT2D eigenvalue weighted by Gasteiger charge is -2.20. The van der Waals surface area contributed by atoms with Crippen molar-refractivity contribution in [1.82, 2.24) is 0 Å². The van der Waals surface area contributed by atoms with E-state index in [0.29, 0.717) is 9.26 Å². The first-order chi connectivity index (χ1) is 8.63. The number of cyclic esters (lactones) is 1. The summed E-state index contributed by atoms with van der Waals surface area (Å²) in [5.41, 5.74) is 8.68. The molecule has 18 heavy (non-hydrogen) atoms. The second kappa shape index (κ2) is 5.40. The lowest BCUT2D eigenvalue weighted by atomic mass is 10.2. The number of carbonyl (C=O) groups is 1. The lowest BCUT2D eigenvalue weighted by molar-refractivity contribution is 0.179. The van der Waals surface area contributed by atoms with E-state index in [0.717, 1.165) is 0 Å². The monoisotopic (exact) mass is 362 g/mol. The molecular weight excluding hydrogens is 354 g/mol. The number of halogens is 2. The number of hydrogen-bond acceptors (Lipinski definition) is 3. The number of azide groups is 1. The molecule has 0 unspecified atom stereocenters. The Hall–Kier alpha value is -1.54. The predicted molar refractivity (Wildman–Crippen MR) is 70.7 cm³/mol. The van der Waals surface area contributed by atoms with Gasteiger partial charge in [-0.2, -0.15) is 0 Å². The third-order valence-corrected chi connectivity index (χ3v) is 3.37. The number of benzene rings is 1. The fourth-order valence-corrected chi connectivity index (χ4v) is 2.01. The first-order valence-corrected chi connectivity index (χ1v) is 6.13. The van der Waals surface area contributed by atoms with Crippen LogP contribution < -0.4 is 4.90 Å². The predicted octanol–water partition coefficient (Wildman–Crippen LogP) is 3.07. The van der Waals surface area contributed by atoms with Crippen LogP contribution in [-0.2, 0) is 4.74 Å². The maximum Gasteiger partial charge on any atom is 0.414 e. The minimum Gasteiger partial charge on any atom is -0.447 e. The molecular formula is C10H8FIN4O2. The summed E-state index contributed by atoms with van der Waals surface area (Å²) in [4.78, 5) is 15.5. The number of carbonyl (C=O) groups excluding carboxylic acids is 1. The smallest absolute Gasteiger partial charge is 0.414 e. The van der Waals surface area contributed by atoms with Gasteiger partial charge in [-0.25, -0.2) is 9.18 Å². The minimum atomic E-state index is -0.561. The summed E-state index contributed by atoms with van der Waals surface area (Å²) in [5, 5.41) is 3.42. The molecule has 0 aliphatic carbocycles. The van der Waals surface area contributed by atoms with E-state index in [1.54, 1.807) is 12.1 Å². The maximum absolute atomic E-state index is 13.5. The van der Waals surface area contributed by atoms with Crippen molar-refractivity contribution in [3.05, 3.63) is 38.0 Å². The van der Waals surface area contributed by atoms with Crippen molar-refractivity contribution in [2.75, 3.05) is 18.1 Å². The fraction of sp³-hybridized carbons (Fsp3) is 0.300. The van der Waals surface area contributed by atoms with E-state index < -0.39 is 18.0 Å². The molecule has 0 N–H and O–H groups in total. The topological polar surface area (TPSA) is 78.3 Å². The van der Waals surface area contributed by atoms with Crippen molar-refractivity contribution in [3.63, 3.8) is 0 Å². The third-order valence-electron chi connectivity index (χ3n) is 2.50. The number of amides is 1. The molecule has 1 fully saturated rings. The van der Waals surface area contributed by atoms with Crippen LogP contribution in [0.5, 0.6) is 0 Å². The number of rotatable bonds is 3. The second-order valence-electron chi connectivity index (χ2n) is 3.61. The van der Waals surface area contributed by atoms with Crippen molar-refractivity contribution in [1.29, 1.82) is 0 Å². The summed E-state index contributed by atoms with van der Waals surface area (Å²) < 4.78 is 18.8. The van der Waals surface area contributed by atoms with Crippen molar-refractivity contribution < 1.29 is 13.9 Å². The highest BCUT2D eigenvalue weighted by molar-refractivity contribution is 14.1. The Morgan fingerprint density at radius 3 is 3.11 bits per heavy atom. The molecule has 0 saturated carbocycles. The lowest BCUT2D eigenvalue weighted by Crippen LogP contribution is -2.35. The summed E-state index contributed by atoms with van der Waals surface area (Å²) in [6, 6.07) is 4.06. The molecule has 1 aromatic carbocycles. The van der Waals surface area contributed by atoms with Crippen LogP contribution >= 0.6 is 22.6 Å². The summed E-state index contributed by atoms with van der Waals surface area (Å²) in [6.45, 7) is 0.224. The minimum absolute atomic E-state index is 0.0931. The van der Waals surface area contributed by atoms with E-state index in [1.165, 1.54) is 11.0 Å². The molecule has 94 valence electrons. The molecule has 1 aliphatic rings. The van der Waals surface area contributed by atoms with Crippen LogP contribution in [0.4, 0.5) is 14.9 Å². The fourth-order valence-electron chi connectivity index (χ4n) is 1.68. The number of hydrogen-bond donors (Lipinski definition) is 0. The third kappa shape index (κ3) is 2.49. The molecule has 0 bridgehead atoms. The van der Waals surface area contributed by atoms with Crippen LogP contribution in [0.2, 0.25) is 0 Å². The van der Waals surface area contributed by atoms with Crippen molar-refractivity contribution in [3.8, 4) is 0 Å². The Kier molecular flexibility index (Phi) is 3.87. The summed E-state index contributed by atoms with van der Waals surface area (Å²) in [6.07, 6.45) is -0.561. The average molecular weight is 362 g/mol. The molecule has 2 rings (SSSR count). The van der Waals surface area contributed by atoms with Gasteiger partial charge in [-0.05, 0) is 46.3 Å². The Morgan fingerprint density at radius 1 is 1.67 bits per heavy atom. The van der Waals surface area contributed by atoms with Gasteiger partial charge in [0.15, 0.2) is 0 Å². The molecule has 1 atom stereocenters. The molecule has 1 saturated heterocycles. The van der Waals surface area contributed by atoms with Gasteiger partial charge in [-0.1, -0.05) is 5.11 Å². The van der Waals surface area contributed by atoms with Gasteiger partial charge < -0.3 is 4.74 Å². The molecule has 6 nitrogen and oxygen atoms in total. The highest BCUT2D eigenvalue weighted by Gasteiger charge is 2.33. The van der Waals surface area contributed by atoms with Gasteiger partial charge in [-0.15, -0.1) is 0 Å². The quantitative estimate of drug-likeness (QED) is 0.359. The van der Waals surface area contributed by atoms with Gasteiger partial charge in [-0.3, -0.25) is 4.90 Å². The second-order valence-corrected chi connectivity index (χ2v) is 4.77. The van der Waals surface area contributed by atoms with Crippen LogP contribution in [0.1, 0.15) is 0 Å². The summed E-state index contributed by atoms with van der Waals surface area (Å²) >= 11 is 1.86. The van der Waals surface area contributed by atoms with Gasteiger partial charge in [0.25, 0.3) is 0 Å². The normalized spacial score (nSPS) is 18.4. The van der Waals surface area contributed by atoms with Gasteiger partial charge in [0.05, 0.1) is 18.3 Å². The average Bonchev–Trinajstić information content (AvgIpc) is 2.71. The Balaban J connectivity index is 2.30. The van der Waals surface area contributed by atoms with E-state index in [-0.39, 0.29) is 13.2 Å². The van der Waals surface area contributed by atoms with Crippen LogP contribution in [0.3, 0.4) is 0 Å². The zero-order chi connectivity index (χ0) is 13.1. The van der Waals surface area contributed by atoms with Crippen molar-refractivity contribution in [2.45, 2.75) is 6.04 Å². The number of nitrogens with zero attached hydrogens (tertiary/aromatic N) is 4. The first kappa shape index (κ1) is 12.9. The Morgan fingerprint density at radius 2 is 2.44 bits per heavy atom. The first-order valence-electron chi connectivity index (χ1n) is 5.05. The zero-order valence-electron chi connectivity index (χ0n) is 9.08. The standard InChI is InChI=1S/C10H8FIN4O2/c11-8-3-6(1-2-9(8)12)16-7(4-14-15-13)5-18-10(16)17/h1-3,7H,4-5H2/t7-/m0/s1. The number of ether oxygens (including phenoxy) is 1.